The van der Waals surface area contributed by atoms with Crippen LogP contribution < -0.4 is 0 Å². The third kappa shape index (κ3) is 2.04. The van der Waals surface area contributed by atoms with Crippen LogP contribution in [-0.2, 0) is 14.3 Å². The van der Waals surface area contributed by atoms with Crippen LogP contribution in [-0.4, -0.2) is 34.9 Å². The maximum Gasteiger partial charge on any atom is 0.312 e. The van der Waals surface area contributed by atoms with E-state index in [0.717, 1.165) is 0 Å². The van der Waals surface area contributed by atoms with Crippen LogP contribution >= 0.6 is 0 Å². The normalized spacial score (nSPS) is 34.6. The largest absolute Gasteiger partial charge is 0.481 e. The third-order valence-corrected chi connectivity index (χ3v) is 3.50. The first-order valence-corrected chi connectivity index (χ1v) is 5.55. The average molecular weight is 230 g/mol. The van der Waals surface area contributed by atoms with E-state index >= 15 is 0 Å². The van der Waals surface area contributed by atoms with Gasteiger partial charge in [-0.1, -0.05) is 13.8 Å². The minimum Gasteiger partial charge on any atom is -0.481 e. The van der Waals surface area contributed by atoms with Crippen molar-refractivity contribution in [3.8, 4) is 0 Å². The lowest BCUT2D eigenvalue weighted by Crippen LogP contribution is -2.50. The number of aliphatic carboxylic acids is 2. The first kappa shape index (κ1) is 13.0. The molecule has 0 aromatic heterocycles. The Kier molecular flexibility index (Phi) is 3.91. The van der Waals surface area contributed by atoms with Gasteiger partial charge in [0, 0.05) is 0 Å². The maximum atomic E-state index is 11.4. The molecule has 1 rings (SSSR count). The Hall–Kier alpha value is -1.10. The zero-order chi connectivity index (χ0) is 12.3. The summed E-state index contributed by atoms with van der Waals surface area (Å²) in [4.78, 5) is 22.3. The maximum absolute atomic E-state index is 11.4. The SMILES string of the molecule is CCC1OCC(C(=O)O)CC1(CC)C(=O)O. The molecule has 5 nitrogen and oxygen atoms in total. The Morgan fingerprint density at radius 1 is 1.38 bits per heavy atom. The van der Waals surface area contributed by atoms with Crippen molar-refractivity contribution in [3.05, 3.63) is 0 Å². The molecule has 5 heteroatoms. The third-order valence-electron chi connectivity index (χ3n) is 3.50. The first-order valence-electron chi connectivity index (χ1n) is 5.55. The smallest absolute Gasteiger partial charge is 0.312 e. The molecule has 3 unspecified atom stereocenters. The highest BCUT2D eigenvalue weighted by molar-refractivity contribution is 5.78. The number of rotatable bonds is 4. The van der Waals surface area contributed by atoms with Crippen LogP contribution in [0.5, 0.6) is 0 Å². The Morgan fingerprint density at radius 3 is 2.38 bits per heavy atom. The highest BCUT2D eigenvalue weighted by atomic mass is 16.5. The number of carbonyl (C=O) groups is 2. The van der Waals surface area contributed by atoms with Gasteiger partial charge in [0.2, 0.25) is 0 Å². The van der Waals surface area contributed by atoms with E-state index in [-0.39, 0.29) is 19.1 Å². The van der Waals surface area contributed by atoms with E-state index in [2.05, 4.69) is 0 Å². The van der Waals surface area contributed by atoms with Gasteiger partial charge in [-0.2, -0.15) is 0 Å². The molecule has 2 N–H and O–H groups in total. The fourth-order valence-electron chi connectivity index (χ4n) is 2.44. The summed E-state index contributed by atoms with van der Waals surface area (Å²) in [6.45, 7) is 3.74. The quantitative estimate of drug-likeness (QED) is 0.762. The summed E-state index contributed by atoms with van der Waals surface area (Å²) < 4.78 is 5.41. The Morgan fingerprint density at radius 2 is 2.00 bits per heavy atom. The van der Waals surface area contributed by atoms with Gasteiger partial charge in [-0.25, -0.2) is 0 Å². The van der Waals surface area contributed by atoms with Crippen molar-refractivity contribution < 1.29 is 24.5 Å². The molecule has 3 atom stereocenters. The molecule has 1 saturated heterocycles. The summed E-state index contributed by atoms with van der Waals surface area (Å²) in [5.74, 6) is -2.64. The summed E-state index contributed by atoms with van der Waals surface area (Å²) in [7, 11) is 0. The first-order chi connectivity index (χ1) is 7.47. The molecule has 0 bridgehead atoms. The van der Waals surface area contributed by atoms with Crippen molar-refractivity contribution in [2.75, 3.05) is 6.61 Å². The number of carboxylic acid groups (broad SMARTS) is 2. The molecule has 1 fully saturated rings. The predicted octanol–water partition coefficient (Wildman–Crippen LogP) is 1.37. The van der Waals surface area contributed by atoms with Crippen LogP contribution in [0.2, 0.25) is 0 Å². The van der Waals surface area contributed by atoms with Crippen molar-refractivity contribution in [1.82, 2.24) is 0 Å². The van der Waals surface area contributed by atoms with Crippen LogP contribution in [0.4, 0.5) is 0 Å². The molecule has 0 spiro atoms. The van der Waals surface area contributed by atoms with E-state index in [0.29, 0.717) is 12.8 Å². The fourth-order valence-corrected chi connectivity index (χ4v) is 2.44. The lowest BCUT2D eigenvalue weighted by molar-refractivity contribution is -0.180. The minimum absolute atomic E-state index is 0.114. The highest BCUT2D eigenvalue weighted by Gasteiger charge is 2.50. The van der Waals surface area contributed by atoms with Crippen molar-refractivity contribution in [2.45, 2.75) is 39.2 Å². The second-order valence-electron chi connectivity index (χ2n) is 4.28. The minimum atomic E-state index is -1.05. The molecule has 0 amide bonds. The van der Waals surface area contributed by atoms with E-state index in [1.165, 1.54) is 0 Å². The number of carboxylic acids is 2. The van der Waals surface area contributed by atoms with Gasteiger partial charge in [0.25, 0.3) is 0 Å². The van der Waals surface area contributed by atoms with Crippen molar-refractivity contribution in [1.29, 1.82) is 0 Å². The standard InChI is InChI=1S/C11H18O5/c1-3-8-11(4-2,10(14)15)5-7(6-16-8)9(12)13/h7-8H,3-6H2,1-2H3,(H,12,13)(H,14,15). The van der Waals surface area contributed by atoms with Crippen molar-refractivity contribution in [2.24, 2.45) is 11.3 Å². The topological polar surface area (TPSA) is 83.8 Å². The summed E-state index contributed by atoms with van der Waals surface area (Å²) in [5.41, 5.74) is -1.05. The van der Waals surface area contributed by atoms with Gasteiger partial charge in [0.15, 0.2) is 0 Å². The molecule has 1 aliphatic heterocycles. The monoisotopic (exact) mass is 230 g/mol. The molecule has 0 aromatic carbocycles. The van der Waals surface area contributed by atoms with Crippen molar-refractivity contribution >= 4 is 11.9 Å². The van der Waals surface area contributed by atoms with Crippen LogP contribution in [0.15, 0.2) is 0 Å². The van der Waals surface area contributed by atoms with Crippen LogP contribution in [0.25, 0.3) is 0 Å². The van der Waals surface area contributed by atoms with Gasteiger partial charge < -0.3 is 14.9 Å². The molecule has 0 aliphatic carbocycles. The zero-order valence-electron chi connectivity index (χ0n) is 9.60. The molecule has 0 aromatic rings. The van der Waals surface area contributed by atoms with Crippen molar-refractivity contribution in [3.63, 3.8) is 0 Å². The molecule has 92 valence electrons. The highest BCUT2D eigenvalue weighted by Crippen LogP contribution is 2.41. The van der Waals surface area contributed by atoms with Gasteiger partial charge in [-0.05, 0) is 19.3 Å². The second-order valence-corrected chi connectivity index (χ2v) is 4.28. The van der Waals surface area contributed by atoms with E-state index < -0.39 is 23.3 Å². The van der Waals surface area contributed by atoms with Crippen LogP contribution in [0.3, 0.4) is 0 Å². The van der Waals surface area contributed by atoms with Crippen LogP contribution in [0, 0.1) is 11.3 Å². The van der Waals surface area contributed by atoms with Gasteiger partial charge in [0.1, 0.15) is 0 Å². The number of hydrogen-bond donors (Lipinski definition) is 2. The predicted molar refractivity (Wildman–Crippen MR) is 56.1 cm³/mol. The fraction of sp³-hybridized carbons (Fsp3) is 0.818. The molecule has 0 radical (unpaired) electrons. The molecule has 16 heavy (non-hydrogen) atoms. The molecule has 0 saturated carbocycles. The Bertz CT molecular complexity index is 288. The van der Waals surface area contributed by atoms with E-state index in [9.17, 15) is 14.7 Å². The average Bonchev–Trinajstić information content (AvgIpc) is 2.27. The van der Waals surface area contributed by atoms with Gasteiger partial charge in [0.05, 0.1) is 24.0 Å². The molecule has 1 heterocycles. The summed E-state index contributed by atoms with van der Waals surface area (Å²) >= 11 is 0. The zero-order valence-corrected chi connectivity index (χ0v) is 9.60. The number of ether oxygens (including phenoxy) is 1. The van der Waals surface area contributed by atoms with Gasteiger partial charge in [-0.15, -0.1) is 0 Å². The van der Waals surface area contributed by atoms with E-state index in [1.54, 1.807) is 6.92 Å². The van der Waals surface area contributed by atoms with Gasteiger partial charge in [-0.3, -0.25) is 9.59 Å². The number of hydrogen-bond acceptors (Lipinski definition) is 3. The molecular formula is C11H18O5. The van der Waals surface area contributed by atoms with E-state index in [4.69, 9.17) is 9.84 Å². The molecular weight excluding hydrogens is 212 g/mol. The second kappa shape index (κ2) is 4.82. The summed E-state index contributed by atoms with van der Waals surface area (Å²) in [5, 5.41) is 18.3. The lowest BCUT2D eigenvalue weighted by Gasteiger charge is -2.42. The van der Waals surface area contributed by atoms with Crippen LogP contribution in [0.1, 0.15) is 33.1 Å². The van der Waals surface area contributed by atoms with Gasteiger partial charge >= 0.3 is 11.9 Å². The van der Waals surface area contributed by atoms with E-state index in [1.807, 2.05) is 6.92 Å². The Balaban J connectivity index is 2.97. The Labute approximate surface area is 94.4 Å². The molecule has 1 aliphatic rings. The summed E-state index contributed by atoms with van der Waals surface area (Å²) in [6, 6.07) is 0. The summed E-state index contributed by atoms with van der Waals surface area (Å²) in [6.07, 6.45) is 0.759. The lowest BCUT2D eigenvalue weighted by atomic mass is 9.70.